The van der Waals surface area contributed by atoms with Crippen molar-refractivity contribution in [3.8, 4) is 5.69 Å². The average molecular weight is 384 g/mol. The van der Waals surface area contributed by atoms with Crippen molar-refractivity contribution in [1.29, 1.82) is 0 Å². The molecule has 4 rings (SSSR count). The number of rotatable bonds is 3. The van der Waals surface area contributed by atoms with E-state index in [1.54, 1.807) is 30.0 Å². The third-order valence-corrected chi connectivity index (χ3v) is 5.90. The van der Waals surface area contributed by atoms with E-state index in [0.717, 1.165) is 25.7 Å². The number of carbonyl (C=O) groups excluding carboxylic acids is 2. The Morgan fingerprint density at radius 1 is 1.04 bits per heavy atom. The minimum atomic E-state index is -0.383. The van der Waals surface area contributed by atoms with Crippen LogP contribution in [0.3, 0.4) is 0 Å². The lowest BCUT2D eigenvalue weighted by Gasteiger charge is -2.36. The maximum Gasteiger partial charge on any atom is 0.257 e. The van der Waals surface area contributed by atoms with E-state index >= 15 is 0 Å². The lowest BCUT2D eigenvalue weighted by Crippen LogP contribution is -2.51. The molecule has 2 aromatic rings. The van der Waals surface area contributed by atoms with Crippen LogP contribution in [-0.4, -0.2) is 57.6 Å². The van der Waals surface area contributed by atoms with Crippen LogP contribution in [0.4, 0.5) is 4.39 Å². The smallest absolute Gasteiger partial charge is 0.257 e. The standard InChI is InChI=1S/C21H25FN4O2/c1-15-17(14-23-26(15)19-9-5-4-8-18(19)22)21(28)25-12-10-24(11-13-25)20(27)16-6-2-3-7-16/h4-5,8-9,14,16H,2-3,6-7,10-13H2,1H3. The van der Waals surface area contributed by atoms with Gasteiger partial charge in [-0.2, -0.15) is 5.10 Å². The summed E-state index contributed by atoms with van der Waals surface area (Å²) in [6.07, 6.45) is 5.76. The summed E-state index contributed by atoms with van der Waals surface area (Å²) in [5.41, 5.74) is 1.41. The first kappa shape index (κ1) is 18.7. The van der Waals surface area contributed by atoms with E-state index in [0.29, 0.717) is 43.1 Å². The fourth-order valence-electron chi connectivity index (χ4n) is 4.22. The zero-order valence-corrected chi connectivity index (χ0v) is 16.1. The van der Waals surface area contributed by atoms with Gasteiger partial charge in [-0.15, -0.1) is 0 Å². The highest BCUT2D eigenvalue weighted by Gasteiger charge is 2.31. The lowest BCUT2D eigenvalue weighted by molar-refractivity contribution is -0.136. The highest BCUT2D eigenvalue weighted by atomic mass is 19.1. The maximum atomic E-state index is 14.1. The van der Waals surface area contributed by atoms with Gasteiger partial charge in [-0.1, -0.05) is 25.0 Å². The van der Waals surface area contributed by atoms with Crippen LogP contribution in [0.2, 0.25) is 0 Å². The molecule has 2 fully saturated rings. The van der Waals surface area contributed by atoms with E-state index in [2.05, 4.69) is 5.10 Å². The van der Waals surface area contributed by atoms with Gasteiger partial charge < -0.3 is 9.80 Å². The number of piperazine rings is 1. The molecule has 1 aliphatic heterocycles. The summed E-state index contributed by atoms with van der Waals surface area (Å²) in [6, 6.07) is 6.37. The van der Waals surface area contributed by atoms with Crippen LogP contribution in [0, 0.1) is 18.7 Å². The normalized spacial score (nSPS) is 17.9. The van der Waals surface area contributed by atoms with Gasteiger partial charge in [-0.05, 0) is 31.9 Å². The van der Waals surface area contributed by atoms with Gasteiger partial charge >= 0.3 is 0 Å². The Hall–Kier alpha value is -2.70. The van der Waals surface area contributed by atoms with Gasteiger partial charge in [0.1, 0.15) is 11.5 Å². The van der Waals surface area contributed by atoms with Crippen LogP contribution in [0.25, 0.3) is 5.69 Å². The fourth-order valence-corrected chi connectivity index (χ4v) is 4.22. The van der Waals surface area contributed by atoms with Crippen molar-refractivity contribution in [3.05, 3.63) is 47.5 Å². The molecule has 1 aromatic carbocycles. The summed E-state index contributed by atoms with van der Waals surface area (Å²) >= 11 is 0. The first-order chi connectivity index (χ1) is 13.6. The number of nitrogens with zero attached hydrogens (tertiary/aromatic N) is 4. The number of aromatic nitrogens is 2. The van der Waals surface area contributed by atoms with Crippen molar-refractivity contribution in [3.63, 3.8) is 0 Å². The molecule has 1 saturated heterocycles. The predicted molar refractivity (Wildman–Crippen MR) is 103 cm³/mol. The van der Waals surface area contributed by atoms with E-state index in [1.165, 1.54) is 16.9 Å². The third-order valence-electron chi connectivity index (χ3n) is 5.90. The second kappa shape index (κ2) is 7.73. The van der Waals surface area contributed by atoms with Crippen molar-refractivity contribution in [1.82, 2.24) is 19.6 Å². The van der Waals surface area contributed by atoms with Crippen molar-refractivity contribution in [2.45, 2.75) is 32.6 Å². The third kappa shape index (κ3) is 3.41. The quantitative estimate of drug-likeness (QED) is 0.818. The second-order valence-electron chi connectivity index (χ2n) is 7.61. The van der Waals surface area contributed by atoms with Gasteiger partial charge in [-0.25, -0.2) is 9.07 Å². The lowest BCUT2D eigenvalue weighted by atomic mass is 10.1. The number of hydrogen-bond donors (Lipinski definition) is 0. The van der Waals surface area contributed by atoms with E-state index < -0.39 is 0 Å². The molecule has 1 saturated carbocycles. The summed E-state index contributed by atoms with van der Waals surface area (Å²) < 4.78 is 15.5. The molecule has 7 heteroatoms. The van der Waals surface area contributed by atoms with Crippen molar-refractivity contribution < 1.29 is 14.0 Å². The number of halogens is 1. The van der Waals surface area contributed by atoms with Crippen LogP contribution in [-0.2, 0) is 4.79 Å². The van der Waals surface area contributed by atoms with Crippen LogP contribution in [0.1, 0.15) is 41.7 Å². The first-order valence-corrected chi connectivity index (χ1v) is 9.94. The van der Waals surface area contributed by atoms with Gasteiger partial charge in [0.25, 0.3) is 5.91 Å². The number of amides is 2. The van der Waals surface area contributed by atoms with E-state index in [-0.39, 0.29) is 23.5 Å². The number of benzene rings is 1. The van der Waals surface area contributed by atoms with Gasteiger partial charge in [0.05, 0.1) is 17.5 Å². The minimum Gasteiger partial charge on any atom is -0.339 e. The molecule has 0 bridgehead atoms. The van der Waals surface area contributed by atoms with E-state index in [4.69, 9.17) is 0 Å². The Kier molecular flexibility index (Phi) is 5.15. The SMILES string of the molecule is Cc1c(C(=O)N2CCN(C(=O)C3CCCC3)CC2)cnn1-c1ccccc1F. The Morgan fingerprint density at radius 2 is 1.68 bits per heavy atom. The summed E-state index contributed by atoms with van der Waals surface area (Å²) in [5.74, 6) is -0.0866. The second-order valence-corrected chi connectivity index (χ2v) is 7.61. The van der Waals surface area contributed by atoms with E-state index in [9.17, 15) is 14.0 Å². The van der Waals surface area contributed by atoms with Gasteiger partial charge in [0, 0.05) is 32.1 Å². The Bertz CT molecular complexity index is 880. The van der Waals surface area contributed by atoms with Crippen molar-refractivity contribution >= 4 is 11.8 Å². The van der Waals surface area contributed by atoms with Crippen LogP contribution < -0.4 is 0 Å². The molecule has 1 aromatic heterocycles. The summed E-state index contributed by atoms with van der Waals surface area (Å²) in [7, 11) is 0. The van der Waals surface area contributed by atoms with Crippen molar-refractivity contribution in [2.24, 2.45) is 5.92 Å². The monoisotopic (exact) mass is 384 g/mol. The zero-order valence-electron chi connectivity index (χ0n) is 16.1. The first-order valence-electron chi connectivity index (χ1n) is 9.94. The molecule has 2 heterocycles. The Balaban J connectivity index is 1.43. The van der Waals surface area contributed by atoms with Crippen LogP contribution in [0.5, 0.6) is 0 Å². The summed E-state index contributed by atoms with van der Waals surface area (Å²) in [6.45, 7) is 3.94. The molecule has 0 spiro atoms. The molecule has 2 amide bonds. The molecular formula is C21H25FN4O2. The molecule has 0 radical (unpaired) electrons. The van der Waals surface area contributed by atoms with Gasteiger partial charge in [0.2, 0.25) is 5.91 Å². The average Bonchev–Trinajstić information content (AvgIpc) is 3.38. The molecule has 1 aliphatic carbocycles. The van der Waals surface area contributed by atoms with Crippen LogP contribution >= 0.6 is 0 Å². The number of para-hydroxylation sites is 1. The minimum absolute atomic E-state index is 0.118. The number of carbonyl (C=O) groups is 2. The molecular weight excluding hydrogens is 359 g/mol. The summed E-state index contributed by atoms with van der Waals surface area (Å²) in [4.78, 5) is 29.2. The van der Waals surface area contributed by atoms with Gasteiger partial charge in [0.15, 0.2) is 0 Å². The van der Waals surface area contributed by atoms with E-state index in [1.807, 2.05) is 4.90 Å². The Morgan fingerprint density at radius 3 is 2.36 bits per heavy atom. The zero-order chi connectivity index (χ0) is 19.7. The predicted octanol–water partition coefficient (Wildman–Crippen LogP) is 2.79. The molecule has 0 unspecified atom stereocenters. The highest BCUT2D eigenvalue weighted by molar-refractivity contribution is 5.95. The topological polar surface area (TPSA) is 58.4 Å². The summed E-state index contributed by atoms with van der Waals surface area (Å²) in [5, 5.41) is 4.22. The molecule has 28 heavy (non-hydrogen) atoms. The molecule has 6 nitrogen and oxygen atoms in total. The molecule has 0 atom stereocenters. The van der Waals surface area contributed by atoms with Gasteiger partial charge in [-0.3, -0.25) is 9.59 Å². The molecule has 148 valence electrons. The van der Waals surface area contributed by atoms with Crippen molar-refractivity contribution in [2.75, 3.05) is 26.2 Å². The molecule has 2 aliphatic rings. The Labute approximate surface area is 163 Å². The highest BCUT2D eigenvalue weighted by Crippen LogP contribution is 2.27. The van der Waals surface area contributed by atoms with Crippen LogP contribution in [0.15, 0.2) is 30.5 Å². The molecule has 0 N–H and O–H groups in total. The number of hydrogen-bond acceptors (Lipinski definition) is 3. The maximum absolute atomic E-state index is 14.1. The largest absolute Gasteiger partial charge is 0.339 e. The fraction of sp³-hybridized carbons (Fsp3) is 0.476.